The van der Waals surface area contributed by atoms with E-state index in [2.05, 4.69) is 19.1 Å². The van der Waals surface area contributed by atoms with E-state index in [1.54, 1.807) is 0 Å². The Bertz CT molecular complexity index is 154. The zero-order valence-electron chi connectivity index (χ0n) is 5.65. The SMILES string of the molecule is CCC1=CCC=C(Cl)C1. The van der Waals surface area contributed by atoms with Crippen molar-refractivity contribution >= 4 is 11.6 Å². The van der Waals surface area contributed by atoms with Gasteiger partial charge >= 0.3 is 0 Å². The maximum absolute atomic E-state index is 5.81. The molecule has 0 aliphatic heterocycles. The van der Waals surface area contributed by atoms with Gasteiger partial charge in [-0.15, -0.1) is 0 Å². The largest absolute Gasteiger partial charge is 0.0891 e. The second-order valence-electron chi connectivity index (χ2n) is 2.28. The smallest absolute Gasteiger partial charge is 0.0184 e. The predicted octanol–water partition coefficient (Wildman–Crippen LogP) is 3.24. The normalized spacial score (nSPS) is 18.9. The number of allylic oxidation sites excluding steroid dienone is 4. The van der Waals surface area contributed by atoms with Crippen molar-refractivity contribution in [1.82, 2.24) is 0 Å². The molecule has 1 aliphatic rings. The van der Waals surface area contributed by atoms with E-state index in [0.717, 1.165) is 24.3 Å². The van der Waals surface area contributed by atoms with Crippen LogP contribution in [0.25, 0.3) is 0 Å². The lowest BCUT2D eigenvalue weighted by molar-refractivity contribution is 0.980. The molecule has 0 aromatic carbocycles. The molecule has 0 saturated carbocycles. The monoisotopic (exact) mass is 142 g/mol. The zero-order valence-corrected chi connectivity index (χ0v) is 6.41. The number of hydrogen-bond donors (Lipinski definition) is 0. The second kappa shape index (κ2) is 3.07. The Morgan fingerprint density at radius 2 is 2.33 bits per heavy atom. The maximum Gasteiger partial charge on any atom is 0.0184 e. The van der Waals surface area contributed by atoms with Gasteiger partial charge in [-0.1, -0.05) is 36.2 Å². The second-order valence-corrected chi connectivity index (χ2v) is 2.76. The van der Waals surface area contributed by atoms with Crippen molar-refractivity contribution in [2.45, 2.75) is 26.2 Å². The molecule has 0 aromatic heterocycles. The molecule has 9 heavy (non-hydrogen) atoms. The minimum absolute atomic E-state index is 0.984. The van der Waals surface area contributed by atoms with Crippen LogP contribution in [0.4, 0.5) is 0 Å². The lowest BCUT2D eigenvalue weighted by Gasteiger charge is -2.07. The summed E-state index contributed by atoms with van der Waals surface area (Å²) in [5, 5.41) is 1.01. The number of hydrogen-bond acceptors (Lipinski definition) is 0. The first-order chi connectivity index (χ1) is 4.33. The molecule has 0 atom stereocenters. The third-order valence-corrected chi connectivity index (χ3v) is 1.88. The van der Waals surface area contributed by atoms with Crippen molar-refractivity contribution < 1.29 is 0 Å². The molecule has 1 heteroatoms. The van der Waals surface area contributed by atoms with Crippen LogP contribution in [0.2, 0.25) is 0 Å². The summed E-state index contributed by atoms with van der Waals surface area (Å²) >= 11 is 5.81. The topological polar surface area (TPSA) is 0 Å². The highest BCUT2D eigenvalue weighted by atomic mass is 35.5. The van der Waals surface area contributed by atoms with E-state index in [1.165, 1.54) is 5.57 Å². The van der Waals surface area contributed by atoms with Gasteiger partial charge in [0.25, 0.3) is 0 Å². The van der Waals surface area contributed by atoms with Gasteiger partial charge < -0.3 is 0 Å². The van der Waals surface area contributed by atoms with Gasteiger partial charge in [-0.3, -0.25) is 0 Å². The molecule has 0 nitrogen and oxygen atoms in total. The molecule has 1 aliphatic carbocycles. The fourth-order valence-electron chi connectivity index (χ4n) is 0.984. The molecule has 0 heterocycles. The first-order valence-electron chi connectivity index (χ1n) is 3.35. The third kappa shape index (κ3) is 1.87. The highest BCUT2D eigenvalue weighted by Gasteiger charge is 2.01. The molecule has 0 spiro atoms. The average Bonchev–Trinajstić information content (AvgIpc) is 1.88. The van der Waals surface area contributed by atoms with Crippen LogP contribution in [0.15, 0.2) is 22.8 Å². The van der Waals surface area contributed by atoms with Crippen LogP contribution >= 0.6 is 11.6 Å². The zero-order chi connectivity index (χ0) is 6.69. The summed E-state index contributed by atoms with van der Waals surface area (Å²) in [7, 11) is 0. The van der Waals surface area contributed by atoms with Crippen molar-refractivity contribution in [3.8, 4) is 0 Å². The molecular formula is C8H11Cl. The number of halogens is 1. The summed E-state index contributed by atoms with van der Waals surface area (Å²) in [6.07, 6.45) is 7.48. The third-order valence-electron chi connectivity index (χ3n) is 1.60. The van der Waals surface area contributed by atoms with Gasteiger partial charge in [-0.25, -0.2) is 0 Å². The molecule has 1 rings (SSSR count). The van der Waals surface area contributed by atoms with Gasteiger partial charge in [0.1, 0.15) is 0 Å². The van der Waals surface area contributed by atoms with E-state index in [1.807, 2.05) is 0 Å². The minimum atomic E-state index is 0.984. The van der Waals surface area contributed by atoms with Crippen LogP contribution in [0.3, 0.4) is 0 Å². The molecule has 0 unspecified atom stereocenters. The summed E-state index contributed by atoms with van der Waals surface area (Å²) in [5.41, 5.74) is 1.47. The van der Waals surface area contributed by atoms with Gasteiger partial charge in [-0.05, 0) is 12.8 Å². The fourth-order valence-corrected chi connectivity index (χ4v) is 1.24. The first kappa shape index (κ1) is 6.88. The van der Waals surface area contributed by atoms with Crippen LogP contribution < -0.4 is 0 Å². The van der Waals surface area contributed by atoms with Gasteiger partial charge in [0.2, 0.25) is 0 Å². The Labute approximate surface area is 61.2 Å². The molecule has 0 fully saturated rings. The molecular weight excluding hydrogens is 132 g/mol. The highest BCUT2D eigenvalue weighted by molar-refractivity contribution is 6.29. The van der Waals surface area contributed by atoms with Crippen molar-refractivity contribution in [2.75, 3.05) is 0 Å². The molecule has 0 saturated heterocycles. The fraction of sp³-hybridized carbons (Fsp3) is 0.500. The predicted molar refractivity (Wildman–Crippen MR) is 41.5 cm³/mol. The van der Waals surface area contributed by atoms with Crippen LogP contribution in [-0.2, 0) is 0 Å². The van der Waals surface area contributed by atoms with Gasteiger partial charge in [0.05, 0.1) is 0 Å². The van der Waals surface area contributed by atoms with E-state index in [9.17, 15) is 0 Å². The minimum Gasteiger partial charge on any atom is -0.0891 e. The van der Waals surface area contributed by atoms with Gasteiger partial charge in [0.15, 0.2) is 0 Å². The summed E-state index contributed by atoms with van der Waals surface area (Å²) in [5.74, 6) is 0. The van der Waals surface area contributed by atoms with Gasteiger partial charge in [0, 0.05) is 11.5 Å². The van der Waals surface area contributed by atoms with Crippen molar-refractivity contribution in [3.63, 3.8) is 0 Å². The molecule has 50 valence electrons. The maximum atomic E-state index is 5.81. The van der Waals surface area contributed by atoms with E-state index in [-0.39, 0.29) is 0 Å². The Morgan fingerprint density at radius 1 is 1.56 bits per heavy atom. The average molecular weight is 143 g/mol. The lowest BCUT2D eigenvalue weighted by atomic mass is 10.0. The van der Waals surface area contributed by atoms with Crippen LogP contribution in [0.5, 0.6) is 0 Å². The van der Waals surface area contributed by atoms with E-state index in [0.29, 0.717) is 0 Å². The molecule has 0 bridgehead atoms. The van der Waals surface area contributed by atoms with Crippen LogP contribution in [-0.4, -0.2) is 0 Å². The Balaban J connectivity index is 2.51. The summed E-state index contributed by atoms with van der Waals surface area (Å²) in [4.78, 5) is 0. The Kier molecular flexibility index (Phi) is 2.35. The summed E-state index contributed by atoms with van der Waals surface area (Å²) in [6.45, 7) is 2.17. The highest BCUT2D eigenvalue weighted by Crippen LogP contribution is 2.22. The van der Waals surface area contributed by atoms with E-state index in [4.69, 9.17) is 11.6 Å². The van der Waals surface area contributed by atoms with Crippen molar-refractivity contribution in [3.05, 3.63) is 22.8 Å². The Hall–Kier alpha value is -0.230. The number of rotatable bonds is 1. The molecule has 0 aromatic rings. The summed E-state index contributed by atoms with van der Waals surface area (Å²) < 4.78 is 0. The van der Waals surface area contributed by atoms with Crippen molar-refractivity contribution in [1.29, 1.82) is 0 Å². The van der Waals surface area contributed by atoms with Crippen molar-refractivity contribution in [2.24, 2.45) is 0 Å². The quantitative estimate of drug-likeness (QED) is 0.493. The standard InChI is InChI=1S/C8H11Cl/c1-2-7-4-3-5-8(9)6-7/h4-5H,2-3,6H2,1H3. The molecule has 0 N–H and O–H groups in total. The van der Waals surface area contributed by atoms with E-state index < -0.39 is 0 Å². The molecule has 0 radical (unpaired) electrons. The van der Waals surface area contributed by atoms with Crippen LogP contribution in [0.1, 0.15) is 26.2 Å². The van der Waals surface area contributed by atoms with Crippen LogP contribution in [0, 0.1) is 0 Å². The molecule has 0 amide bonds. The van der Waals surface area contributed by atoms with E-state index >= 15 is 0 Å². The van der Waals surface area contributed by atoms with Gasteiger partial charge in [-0.2, -0.15) is 0 Å². The Morgan fingerprint density at radius 3 is 2.78 bits per heavy atom. The summed E-state index contributed by atoms with van der Waals surface area (Å²) in [6, 6.07) is 0. The first-order valence-corrected chi connectivity index (χ1v) is 3.73. The lowest BCUT2D eigenvalue weighted by Crippen LogP contribution is -1.87.